The number of methoxy groups -OCH3 is 1. The molecule has 1 N–H and O–H groups in total. The van der Waals surface area contributed by atoms with Gasteiger partial charge in [0.05, 0.1) is 12.7 Å². The number of benzene rings is 1. The molecule has 1 aromatic carbocycles. The van der Waals surface area contributed by atoms with Crippen LogP contribution in [-0.2, 0) is 6.42 Å². The zero-order valence-electron chi connectivity index (χ0n) is 11.7. The minimum Gasteiger partial charge on any atom is -0.496 e. The van der Waals surface area contributed by atoms with Gasteiger partial charge in [-0.05, 0) is 48.4 Å². The van der Waals surface area contributed by atoms with Crippen LogP contribution in [0.2, 0.25) is 0 Å². The van der Waals surface area contributed by atoms with Gasteiger partial charge >= 0.3 is 5.97 Å². The van der Waals surface area contributed by atoms with Crippen LogP contribution >= 0.6 is 0 Å². The number of aromatic carboxylic acids is 1. The number of aryl methyl sites for hydroxylation is 1. The number of carbonyl (C=O) groups is 1. The van der Waals surface area contributed by atoms with Gasteiger partial charge in [0.15, 0.2) is 0 Å². The predicted octanol–water partition coefficient (Wildman–Crippen LogP) is 4.00. The fourth-order valence-electron chi connectivity index (χ4n) is 3.07. The molecule has 1 aliphatic carbocycles. The van der Waals surface area contributed by atoms with E-state index in [4.69, 9.17) is 4.74 Å². The smallest absolute Gasteiger partial charge is 0.335 e. The second kappa shape index (κ2) is 6.09. The lowest BCUT2D eigenvalue weighted by atomic mass is 9.82. The number of hydrogen-bond acceptors (Lipinski definition) is 2. The highest BCUT2D eigenvalue weighted by Gasteiger charge is 2.22. The molecule has 0 radical (unpaired) electrons. The summed E-state index contributed by atoms with van der Waals surface area (Å²) in [5.41, 5.74) is 2.49. The van der Waals surface area contributed by atoms with Crippen molar-refractivity contribution >= 4 is 5.97 Å². The lowest BCUT2D eigenvalue weighted by Gasteiger charge is -2.25. The first-order chi connectivity index (χ1) is 9.17. The van der Waals surface area contributed by atoms with E-state index in [-0.39, 0.29) is 0 Å². The summed E-state index contributed by atoms with van der Waals surface area (Å²) in [7, 11) is 1.68. The van der Waals surface area contributed by atoms with Crippen molar-refractivity contribution in [3.05, 3.63) is 28.8 Å². The summed E-state index contributed by atoms with van der Waals surface area (Å²) in [6.45, 7) is 2.04. The molecule has 1 aromatic rings. The summed E-state index contributed by atoms with van der Waals surface area (Å²) in [6.07, 6.45) is 6.83. The zero-order chi connectivity index (χ0) is 13.8. The molecule has 19 heavy (non-hydrogen) atoms. The van der Waals surface area contributed by atoms with Gasteiger partial charge in [0, 0.05) is 0 Å². The fraction of sp³-hybridized carbons (Fsp3) is 0.562. The Hall–Kier alpha value is -1.51. The molecule has 0 unspecified atom stereocenters. The second-order valence-electron chi connectivity index (χ2n) is 5.25. The van der Waals surface area contributed by atoms with Crippen LogP contribution in [0, 0.1) is 0 Å². The molecule has 0 aromatic heterocycles. The standard InChI is InChI=1S/C16H22O3/c1-3-11-9-13(16(17)18)10-14(15(11)19-2)12-7-5-4-6-8-12/h9-10,12H,3-8H2,1-2H3,(H,17,18). The third-order valence-corrected chi connectivity index (χ3v) is 4.07. The Morgan fingerprint density at radius 3 is 2.53 bits per heavy atom. The molecule has 1 saturated carbocycles. The topological polar surface area (TPSA) is 46.5 Å². The summed E-state index contributed by atoms with van der Waals surface area (Å²) in [4.78, 5) is 11.3. The summed E-state index contributed by atoms with van der Waals surface area (Å²) < 4.78 is 5.56. The first-order valence-electron chi connectivity index (χ1n) is 7.11. The van der Waals surface area contributed by atoms with Crippen LogP contribution in [0.3, 0.4) is 0 Å². The molecule has 0 saturated heterocycles. The number of rotatable bonds is 4. The Bertz CT molecular complexity index is 459. The van der Waals surface area contributed by atoms with Crippen LogP contribution in [0.1, 0.15) is 66.4 Å². The summed E-state index contributed by atoms with van der Waals surface area (Å²) in [5, 5.41) is 9.25. The molecule has 2 rings (SSSR count). The average molecular weight is 262 g/mol. The van der Waals surface area contributed by atoms with Crippen LogP contribution in [0.15, 0.2) is 12.1 Å². The average Bonchev–Trinajstić information content (AvgIpc) is 2.46. The van der Waals surface area contributed by atoms with E-state index in [1.165, 1.54) is 19.3 Å². The molecule has 0 heterocycles. The highest BCUT2D eigenvalue weighted by molar-refractivity contribution is 5.88. The Morgan fingerprint density at radius 1 is 1.32 bits per heavy atom. The van der Waals surface area contributed by atoms with E-state index in [0.29, 0.717) is 11.5 Å². The highest BCUT2D eigenvalue weighted by atomic mass is 16.5. The van der Waals surface area contributed by atoms with E-state index in [9.17, 15) is 9.90 Å². The van der Waals surface area contributed by atoms with E-state index in [0.717, 1.165) is 36.1 Å². The van der Waals surface area contributed by atoms with Crippen LogP contribution in [-0.4, -0.2) is 18.2 Å². The second-order valence-corrected chi connectivity index (χ2v) is 5.25. The fourth-order valence-corrected chi connectivity index (χ4v) is 3.07. The first kappa shape index (κ1) is 13.9. The van der Waals surface area contributed by atoms with Crippen LogP contribution in [0.25, 0.3) is 0 Å². The molecule has 3 nitrogen and oxygen atoms in total. The van der Waals surface area contributed by atoms with E-state index >= 15 is 0 Å². The minimum atomic E-state index is -0.852. The molecule has 1 fully saturated rings. The molecule has 0 spiro atoms. The van der Waals surface area contributed by atoms with Gasteiger partial charge in [-0.15, -0.1) is 0 Å². The number of hydrogen-bond donors (Lipinski definition) is 1. The molecular weight excluding hydrogens is 240 g/mol. The SMILES string of the molecule is CCc1cc(C(=O)O)cc(C2CCCCC2)c1OC. The van der Waals surface area contributed by atoms with Crippen LogP contribution < -0.4 is 4.74 Å². The van der Waals surface area contributed by atoms with Crippen LogP contribution in [0.5, 0.6) is 5.75 Å². The van der Waals surface area contributed by atoms with Gasteiger partial charge in [0.2, 0.25) is 0 Å². The lowest BCUT2D eigenvalue weighted by Crippen LogP contribution is -2.10. The molecular formula is C16H22O3. The summed E-state index contributed by atoms with van der Waals surface area (Å²) in [5.74, 6) is 0.502. The Morgan fingerprint density at radius 2 is 2.00 bits per heavy atom. The molecule has 0 aliphatic heterocycles. The lowest BCUT2D eigenvalue weighted by molar-refractivity contribution is 0.0696. The Balaban J connectivity index is 2.48. The van der Waals surface area contributed by atoms with Crippen molar-refractivity contribution in [3.63, 3.8) is 0 Å². The van der Waals surface area contributed by atoms with Crippen molar-refractivity contribution in [1.29, 1.82) is 0 Å². The first-order valence-corrected chi connectivity index (χ1v) is 7.11. The quantitative estimate of drug-likeness (QED) is 0.892. The van der Waals surface area contributed by atoms with Crippen molar-refractivity contribution in [3.8, 4) is 5.75 Å². The van der Waals surface area contributed by atoms with Gasteiger partial charge < -0.3 is 9.84 Å². The van der Waals surface area contributed by atoms with Gasteiger partial charge in [-0.3, -0.25) is 0 Å². The van der Waals surface area contributed by atoms with E-state index in [1.807, 2.05) is 13.0 Å². The van der Waals surface area contributed by atoms with Gasteiger partial charge in [-0.25, -0.2) is 4.79 Å². The zero-order valence-corrected chi connectivity index (χ0v) is 11.7. The van der Waals surface area contributed by atoms with E-state index in [1.54, 1.807) is 13.2 Å². The summed E-state index contributed by atoms with van der Waals surface area (Å²) in [6, 6.07) is 3.56. The Labute approximate surface area is 114 Å². The summed E-state index contributed by atoms with van der Waals surface area (Å²) >= 11 is 0. The van der Waals surface area contributed by atoms with Crippen LogP contribution in [0.4, 0.5) is 0 Å². The third-order valence-electron chi connectivity index (χ3n) is 4.07. The number of carboxylic acid groups (broad SMARTS) is 1. The molecule has 1 aliphatic rings. The van der Waals surface area contributed by atoms with E-state index < -0.39 is 5.97 Å². The van der Waals surface area contributed by atoms with Gasteiger partial charge in [0.25, 0.3) is 0 Å². The van der Waals surface area contributed by atoms with Crippen molar-refractivity contribution in [1.82, 2.24) is 0 Å². The normalized spacial score (nSPS) is 16.3. The Kier molecular flexibility index (Phi) is 4.46. The number of carboxylic acids is 1. The molecule has 104 valence electrons. The number of ether oxygens (including phenoxy) is 1. The van der Waals surface area contributed by atoms with Gasteiger partial charge in [-0.2, -0.15) is 0 Å². The van der Waals surface area contributed by atoms with Gasteiger partial charge in [-0.1, -0.05) is 26.2 Å². The minimum absolute atomic E-state index is 0.387. The van der Waals surface area contributed by atoms with Crippen molar-refractivity contribution in [2.45, 2.75) is 51.4 Å². The van der Waals surface area contributed by atoms with Crippen molar-refractivity contribution in [2.75, 3.05) is 7.11 Å². The molecule has 0 atom stereocenters. The predicted molar refractivity (Wildman–Crippen MR) is 75.2 cm³/mol. The maximum atomic E-state index is 11.3. The van der Waals surface area contributed by atoms with Crippen molar-refractivity contribution < 1.29 is 14.6 Å². The van der Waals surface area contributed by atoms with Gasteiger partial charge in [0.1, 0.15) is 5.75 Å². The maximum Gasteiger partial charge on any atom is 0.335 e. The third kappa shape index (κ3) is 2.91. The van der Waals surface area contributed by atoms with Crippen molar-refractivity contribution in [2.24, 2.45) is 0 Å². The molecule has 3 heteroatoms. The largest absolute Gasteiger partial charge is 0.496 e. The molecule has 0 bridgehead atoms. The maximum absolute atomic E-state index is 11.3. The molecule has 0 amide bonds. The van der Waals surface area contributed by atoms with E-state index in [2.05, 4.69) is 0 Å². The highest BCUT2D eigenvalue weighted by Crippen LogP contribution is 2.39. The monoisotopic (exact) mass is 262 g/mol.